The molecule has 1 fully saturated rings. The Bertz CT molecular complexity index is 424. The highest BCUT2D eigenvalue weighted by Gasteiger charge is 2.35. The van der Waals surface area contributed by atoms with Gasteiger partial charge in [-0.2, -0.15) is 0 Å². The van der Waals surface area contributed by atoms with E-state index < -0.39 is 5.97 Å². The maximum Gasteiger partial charge on any atom is 0.337 e. The van der Waals surface area contributed by atoms with Crippen LogP contribution in [0.3, 0.4) is 0 Å². The van der Waals surface area contributed by atoms with Gasteiger partial charge in [0.05, 0.1) is 5.56 Å². The largest absolute Gasteiger partial charge is 0.478 e. The van der Waals surface area contributed by atoms with Crippen molar-refractivity contribution in [1.29, 1.82) is 0 Å². The Morgan fingerprint density at radius 1 is 1.44 bits per heavy atom. The SMILES string of the molecule is CCC1(CC)CCN(c2ccc(C(=O)O)cn2)C1. The van der Waals surface area contributed by atoms with Gasteiger partial charge >= 0.3 is 5.97 Å². The molecule has 98 valence electrons. The van der Waals surface area contributed by atoms with Gasteiger partial charge < -0.3 is 10.0 Å². The van der Waals surface area contributed by atoms with Crippen LogP contribution in [0, 0.1) is 5.41 Å². The number of carboxylic acids is 1. The second-order valence-corrected chi connectivity index (χ2v) is 5.09. The fraction of sp³-hybridized carbons (Fsp3) is 0.571. The highest BCUT2D eigenvalue weighted by molar-refractivity contribution is 5.87. The molecule has 0 aromatic carbocycles. The fourth-order valence-electron chi connectivity index (χ4n) is 2.66. The Morgan fingerprint density at radius 3 is 2.61 bits per heavy atom. The van der Waals surface area contributed by atoms with Crippen LogP contribution in [-0.4, -0.2) is 29.1 Å². The van der Waals surface area contributed by atoms with Crippen LogP contribution in [-0.2, 0) is 0 Å². The van der Waals surface area contributed by atoms with Gasteiger partial charge in [0.2, 0.25) is 0 Å². The van der Waals surface area contributed by atoms with Crippen LogP contribution in [0.15, 0.2) is 18.3 Å². The van der Waals surface area contributed by atoms with Crippen molar-refractivity contribution in [2.45, 2.75) is 33.1 Å². The predicted octanol–water partition coefficient (Wildman–Crippen LogP) is 2.80. The van der Waals surface area contributed by atoms with Crippen LogP contribution in [0.2, 0.25) is 0 Å². The molecule has 2 rings (SSSR count). The van der Waals surface area contributed by atoms with E-state index in [1.165, 1.54) is 25.5 Å². The van der Waals surface area contributed by atoms with E-state index in [4.69, 9.17) is 5.11 Å². The number of carboxylic acid groups (broad SMARTS) is 1. The molecule has 1 aromatic heterocycles. The van der Waals surface area contributed by atoms with Crippen LogP contribution < -0.4 is 4.90 Å². The van der Waals surface area contributed by atoms with Gasteiger partial charge in [-0.3, -0.25) is 0 Å². The second-order valence-electron chi connectivity index (χ2n) is 5.09. The summed E-state index contributed by atoms with van der Waals surface area (Å²) < 4.78 is 0. The van der Waals surface area contributed by atoms with Crippen LogP contribution in [0.4, 0.5) is 5.82 Å². The molecule has 0 atom stereocenters. The third kappa shape index (κ3) is 2.33. The summed E-state index contributed by atoms with van der Waals surface area (Å²) in [7, 11) is 0. The Labute approximate surface area is 108 Å². The Hall–Kier alpha value is -1.58. The number of nitrogens with zero attached hydrogens (tertiary/aromatic N) is 2. The summed E-state index contributed by atoms with van der Waals surface area (Å²) in [6.07, 6.45) is 5.01. The lowest BCUT2D eigenvalue weighted by molar-refractivity contribution is 0.0696. The van der Waals surface area contributed by atoms with Gasteiger partial charge in [-0.05, 0) is 36.8 Å². The molecule has 0 spiro atoms. The zero-order valence-electron chi connectivity index (χ0n) is 11.0. The van der Waals surface area contributed by atoms with Gasteiger partial charge in [0.25, 0.3) is 0 Å². The van der Waals surface area contributed by atoms with Crippen molar-refractivity contribution < 1.29 is 9.90 Å². The summed E-state index contributed by atoms with van der Waals surface area (Å²) in [5.41, 5.74) is 0.655. The molecule has 0 saturated carbocycles. The molecule has 1 aliphatic heterocycles. The van der Waals surface area contributed by atoms with Crippen LogP contribution in [0.1, 0.15) is 43.5 Å². The number of hydrogen-bond donors (Lipinski definition) is 1. The van der Waals surface area contributed by atoms with E-state index in [1.54, 1.807) is 6.07 Å². The number of aromatic carboxylic acids is 1. The first-order valence-corrected chi connectivity index (χ1v) is 6.54. The van der Waals surface area contributed by atoms with Crippen LogP contribution in [0.25, 0.3) is 0 Å². The lowest BCUT2D eigenvalue weighted by Crippen LogP contribution is -2.26. The normalized spacial score (nSPS) is 18.0. The van der Waals surface area contributed by atoms with Crippen molar-refractivity contribution in [3.05, 3.63) is 23.9 Å². The predicted molar refractivity (Wildman–Crippen MR) is 71.0 cm³/mol. The topological polar surface area (TPSA) is 53.4 Å². The first kappa shape index (κ1) is 12.9. The summed E-state index contributed by atoms with van der Waals surface area (Å²) >= 11 is 0. The Morgan fingerprint density at radius 2 is 2.17 bits per heavy atom. The van der Waals surface area contributed by atoms with E-state index in [-0.39, 0.29) is 5.56 Å². The molecule has 0 unspecified atom stereocenters. The number of anilines is 1. The van der Waals surface area contributed by atoms with Crippen LogP contribution >= 0.6 is 0 Å². The maximum absolute atomic E-state index is 10.8. The van der Waals surface area contributed by atoms with E-state index in [0.717, 1.165) is 18.9 Å². The average molecular weight is 248 g/mol. The number of hydrogen-bond acceptors (Lipinski definition) is 3. The summed E-state index contributed by atoms with van der Waals surface area (Å²) in [6.45, 7) is 6.53. The summed E-state index contributed by atoms with van der Waals surface area (Å²) in [4.78, 5) is 17.3. The van der Waals surface area contributed by atoms with Gasteiger partial charge in [0, 0.05) is 19.3 Å². The average Bonchev–Trinajstić information content (AvgIpc) is 2.84. The van der Waals surface area contributed by atoms with Gasteiger partial charge in [0.1, 0.15) is 5.82 Å². The molecule has 0 amide bonds. The Kier molecular flexibility index (Phi) is 3.55. The summed E-state index contributed by atoms with van der Waals surface area (Å²) in [5.74, 6) is -0.0317. The highest BCUT2D eigenvalue weighted by Crippen LogP contribution is 2.38. The van der Waals surface area contributed by atoms with E-state index >= 15 is 0 Å². The minimum absolute atomic E-state index is 0.246. The molecule has 0 aliphatic carbocycles. The molecule has 4 nitrogen and oxygen atoms in total. The molecule has 1 aliphatic rings. The highest BCUT2D eigenvalue weighted by atomic mass is 16.4. The van der Waals surface area contributed by atoms with Gasteiger partial charge in [0.15, 0.2) is 0 Å². The minimum Gasteiger partial charge on any atom is -0.478 e. The molecule has 1 N–H and O–H groups in total. The first-order chi connectivity index (χ1) is 8.60. The smallest absolute Gasteiger partial charge is 0.337 e. The molecular formula is C14H20N2O2. The number of carbonyl (C=O) groups is 1. The molecular weight excluding hydrogens is 228 g/mol. The maximum atomic E-state index is 10.8. The van der Waals surface area contributed by atoms with E-state index in [9.17, 15) is 4.79 Å². The lowest BCUT2D eigenvalue weighted by atomic mass is 9.82. The van der Waals surface area contributed by atoms with Crippen molar-refractivity contribution in [2.24, 2.45) is 5.41 Å². The monoisotopic (exact) mass is 248 g/mol. The lowest BCUT2D eigenvalue weighted by Gasteiger charge is -2.26. The minimum atomic E-state index is -0.924. The van der Waals surface area contributed by atoms with Gasteiger partial charge in [-0.1, -0.05) is 13.8 Å². The quantitative estimate of drug-likeness (QED) is 0.890. The molecule has 0 bridgehead atoms. The third-order valence-electron chi connectivity index (χ3n) is 4.26. The van der Waals surface area contributed by atoms with E-state index in [0.29, 0.717) is 5.41 Å². The van der Waals surface area contributed by atoms with Gasteiger partial charge in [-0.25, -0.2) is 9.78 Å². The van der Waals surface area contributed by atoms with Crippen molar-refractivity contribution in [1.82, 2.24) is 4.98 Å². The molecule has 0 radical (unpaired) electrons. The molecule has 18 heavy (non-hydrogen) atoms. The Balaban J connectivity index is 2.12. The molecule has 1 aromatic rings. The van der Waals surface area contributed by atoms with Crippen LogP contribution in [0.5, 0.6) is 0 Å². The number of rotatable bonds is 4. The third-order valence-corrected chi connectivity index (χ3v) is 4.26. The van der Waals surface area contributed by atoms with E-state index in [1.807, 2.05) is 6.07 Å². The fourth-order valence-corrected chi connectivity index (χ4v) is 2.66. The van der Waals surface area contributed by atoms with Crippen molar-refractivity contribution in [3.8, 4) is 0 Å². The van der Waals surface area contributed by atoms with Gasteiger partial charge in [-0.15, -0.1) is 0 Å². The number of pyridine rings is 1. The first-order valence-electron chi connectivity index (χ1n) is 6.54. The summed E-state index contributed by atoms with van der Waals surface area (Å²) in [6, 6.07) is 3.44. The van der Waals surface area contributed by atoms with Crippen molar-refractivity contribution >= 4 is 11.8 Å². The molecule has 1 saturated heterocycles. The zero-order valence-corrected chi connectivity index (χ0v) is 11.0. The summed E-state index contributed by atoms with van der Waals surface area (Å²) in [5, 5.41) is 8.85. The number of aromatic nitrogens is 1. The van der Waals surface area contributed by atoms with Crippen molar-refractivity contribution in [2.75, 3.05) is 18.0 Å². The molecule has 4 heteroatoms. The molecule has 2 heterocycles. The van der Waals surface area contributed by atoms with E-state index in [2.05, 4.69) is 23.7 Å². The van der Waals surface area contributed by atoms with Crippen molar-refractivity contribution in [3.63, 3.8) is 0 Å². The second kappa shape index (κ2) is 4.96. The zero-order chi connectivity index (χ0) is 13.2. The standard InChI is InChI=1S/C14H20N2O2/c1-3-14(4-2)7-8-16(10-14)12-6-5-11(9-15-12)13(17)18/h5-6,9H,3-4,7-8,10H2,1-2H3,(H,17,18).